The minimum absolute atomic E-state index is 0.263. The third-order valence-corrected chi connectivity index (χ3v) is 3.50. The zero-order chi connectivity index (χ0) is 13.7. The first kappa shape index (κ1) is 13.9. The molecule has 2 nitrogen and oxygen atoms in total. The molecule has 100 valence electrons. The summed E-state index contributed by atoms with van der Waals surface area (Å²) < 4.78 is 4.97. The van der Waals surface area contributed by atoms with Gasteiger partial charge in [-0.2, -0.15) is 0 Å². The van der Waals surface area contributed by atoms with Crippen LogP contribution in [0.5, 0.6) is 0 Å². The van der Waals surface area contributed by atoms with Crippen molar-refractivity contribution in [2.45, 2.75) is 24.6 Å². The van der Waals surface area contributed by atoms with Gasteiger partial charge < -0.3 is 4.74 Å². The molecule has 0 heterocycles. The Labute approximate surface area is 118 Å². The van der Waals surface area contributed by atoms with Crippen molar-refractivity contribution >= 4 is 17.6 Å². The lowest BCUT2D eigenvalue weighted by molar-refractivity contribution is -0.139. The Morgan fingerprint density at radius 2 is 2.11 bits per heavy atom. The molecule has 1 aromatic rings. The van der Waals surface area contributed by atoms with Gasteiger partial charge in [-0.3, -0.25) is 4.79 Å². The number of hydrogen-bond acceptors (Lipinski definition) is 2. The second kappa shape index (κ2) is 6.07. The van der Waals surface area contributed by atoms with Gasteiger partial charge in [-0.1, -0.05) is 48.6 Å². The van der Waals surface area contributed by atoms with E-state index in [9.17, 15) is 4.79 Å². The van der Waals surface area contributed by atoms with Crippen molar-refractivity contribution in [1.82, 2.24) is 0 Å². The van der Waals surface area contributed by atoms with Crippen LogP contribution in [-0.4, -0.2) is 17.5 Å². The van der Waals surface area contributed by atoms with Crippen molar-refractivity contribution in [3.8, 4) is 0 Å². The number of hydrogen-bond donors (Lipinski definition) is 0. The predicted octanol–water partition coefficient (Wildman–Crippen LogP) is 3.66. The highest BCUT2D eigenvalue weighted by Gasteiger charge is 2.25. The van der Waals surface area contributed by atoms with Gasteiger partial charge in [0.15, 0.2) is 0 Å². The molecule has 1 atom stereocenters. The summed E-state index contributed by atoms with van der Waals surface area (Å²) in [5.41, 5.74) is 2.22. The fourth-order valence-corrected chi connectivity index (χ4v) is 2.35. The summed E-state index contributed by atoms with van der Waals surface area (Å²) in [5.74, 6) is -0.263. The minimum Gasteiger partial charge on any atom is -0.461 e. The monoisotopic (exact) mass is 276 g/mol. The average molecular weight is 277 g/mol. The van der Waals surface area contributed by atoms with Crippen molar-refractivity contribution in [3.63, 3.8) is 0 Å². The summed E-state index contributed by atoms with van der Waals surface area (Å²) in [6.07, 6.45) is 7.53. The number of allylic oxidation sites excluding steroid dienone is 2. The number of esters is 1. The van der Waals surface area contributed by atoms with Crippen LogP contribution in [0, 0.1) is 0 Å². The number of halogens is 1. The van der Waals surface area contributed by atoms with Crippen LogP contribution in [0.15, 0.2) is 54.1 Å². The Hall–Kier alpha value is -1.54. The first-order chi connectivity index (χ1) is 9.07. The van der Waals surface area contributed by atoms with Gasteiger partial charge in [0, 0.05) is 6.92 Å². The van der Waals surface area contributed by atoms with E-state index in [0.717, 1.165) is 18.4 Å². The van der Waals surface area contributed by atoms with Crippen LogP contribution in [0.1, 0.15) is 18.9 Å². The number of carbonyl (C=O) groups excluding carboxylic acids is 1. The summed E-state index contributed by atoms with van der Waals surface area (Å²) in [5, 5.41) is 0. The molecule has 0 saturated heterocycles. The second-order valence-corrected chi connectivity index (χ2v) is 5.55. The molecule has 0 radical (unpaired) electrons. The summed E-state index contributed by atoms with van der Waals surface area (Å²) in [6.45, 7) is 1.73. The average Bonchev–Trinajstić information content (AvgIpc) is 2.39. The molecule has 0 fully saturated rings. The van der Waals surface area contributed by atoms with Gasteiger partial charge in [0.1, 0.15) is 6.61 Å². The maximum atomic E-state index is 10.8. The number of alkyl halides is 1. The van der Waals surface area contributed by atoms with Crippen molar-refractivity contribution in [2.75, 3.05) is 6.61 Å². The molecule has 0 spiro atoms. The number of ether oxygens (including phenoxy) is 1. The van der Waals surface area contributed by atoms with E-state index in [1.807, 2.05) is 36.4 Å². The Kier molecular flexibility index (Phi) is 4.43. The van der Waals surface area contributed by atoms with Crippen LogP contribution in [-0.2, 0) is 16.0 Å². The summed E-state index contributed by atoms with van der Waals surface area (Å²) in [4.78, 5) is 10.4. The van der Waals surface area contributed by atoms with Gasteiger partial charge in [0.2, 0.25) is 0 Å². The molecule has 0 amide bonds. The fraction of sp³-hybridized carbons (Fsp3) is 0.312. The predicted molar refractivity (Wildman–Crippen MR) is 77.2 cm³/mol. The summed E-state index contributed by atoms with van der Waals surface area (Å²) in [6, 6.07) is 10.2. The lowest BCUT2D eigenvalue weighted by atomic mass is 9.90. The quantitative estimate of drug-likeness (QED) is 0.620. The van der Waals surface area contributed by atoms with Gasteiger partial charge in [-0.15, -0.1) is 11.6 Å². The van der Waals surface area contributed by atoms with E-state index < -0.39 is 0 Å². The van der Waals surface area contributed by atoms with Crippen LogP contribution in [0.4, 0.5) is 0 Å². The third kappa shape index (κ3) is 4.25. The van der Waals surface area contributed by atoms with E-state index >= 15 is 0 Å². The lowest BCUT2D eigenvalue weighted by Crippen LogP contribution is -2.23. The van der Waals surface area contributed by atoms with E-state index in [1.165, 1.54) is 12.5 Å². The largest absolute Gasteiger partial charge is 0.461 e. The highest BCUT2D eigenvalue weighted by Crippen LogP contribution is 2.31. The highest BCUT2D eigenvalue weighted by atomic mass is 35.5. The minimum atomic E-state index is -0.374. The molecule has 0 aromatic heterocycles. The first-order valence-corrected chi connectivity index (χ1v) is 6.70. The lowest BCUT2D eigenvalue weighted by Gasteiger charge is -2.25. The van der Waals surface area contributed by atoms with Crippen molar-refractivity contribution in [1.29, 1.82) is 0 Å². The van der Waals surface area contributed by atoms with Crippen molar-refractivity contribution in [3.05, 3.63) is 59.7 Å². The van der Waals surface area contributed by atoms with Gasteiger partial charge in [-0.25, -0.2) is 0 Å². The zero-order valence-electron chi connectivity index (χ0n) is 10.9. The molecule has 1 aliphatic rings. The normalized spacial score (nSPS) is 21.9. The Bertz CT molecular complexity index is 505. The molecule has 1 aromatic carbocycles. The van der Waals surface area contributed by atoms with Gasteiger partial charge >= 0.3 is 5.97 Å². The first-order valence-electron chi connectivity index (χ1n) is 6.32. The second-order valence-electron chi connectivity index (χ2n) is 4.79. The Morgan fingerprint density at radius 3 is 2.68 bits per heavy atom. The van der Waals surface area contributed by atoms with Gasteiger partial charge in [0.05, 0.1) is 4.87 Å². The van der Waals surface area contributed by atoms with Crippen LogP contribution in [0.2, 0.25) is 0 Å². The highest BCUT2D eigenvalue weighted by molar-refractivity contribution is 6.25. The van der Waals surface area contributed by atoms with Crippen molar-refractivity contribution < 1.29 is 9.53 Å². The molecule has 0 N–H and O–H groups in total. The van der Waals surface area contributed by atoms with Crippen LogP contribution in [0.3, 0.4) is 0 Å². The maximum absolute atomic E-state index is 10.8. The molecular formula is C16H17ClO2. The summed E-state index contributed by atoms with van der Waals surface area (Å²) >= 11 is 6.60. The van der Waals surface area contributed by atoms with Gasteiger partial charge in [-0.05, 0) is 24.0 Å². The molecule has 3 heteroatoms. The zero-order valence-corrected chi connectivity index (χ0v) is 11.7. The molecule has 1 aliphatic carbocycles. The summed E-state index contributed by atoms with van der Waals surface area (Å²) in [7, 11) is 0. The Morgan fingerprint density at radius 1 is 1.37 bits per heavy atom. The maximum Gasteiger partial charge on any atom is 0.302 e. The molecule has 19 heavy (non-hydrogen) atoms. The van der Waals surface area contributed by atoms with E-state index in [-0.39, 0.29) is 10.8 Å². The van der Waals surface area contributed by atoms with Gasteiger partial charge in [0.25, 0.3) is 0 Å². The van der Waals surface area contributed by atoms with E-state index in [2.05, 4.69) is 12.1 Å². The Balaban J connectivity index is 1.94. The molecule has 0 bridgehead atoms. The van der Waals surface area contributed by atoms with Crippen LogP contribution in [0.25, 0.3) is 0 Å². The smallest absolute Gasteiger partial charge is 0.302 e. The molecule has 2 rings (SSSR count). The van der Waals surface area contributed by atoms with Crippen molar-refractivity contribution in [2.24, 2.45) is 0 Å². The third-order valence-electron chi connectivity index (χ3n) is 3.08. The molecular weight excluding hydrogens is 260 g/mol. The standard InChI is InChI=1S/C16H17ClO2/c1-13(18)19-12-15-7-9-16(17,10-8-15)11-14-5-3-2-4-6-14/h2-9H,10-12H2,1H3. The number of rotatable bonds is 4. The van der Waals surface area contributed by atoms with Crippen LogP contribution < -0.4 is 0 Å². The SMILES string of the molecule is CC(=O)OCC1=CCC(Cl)(Cc2ccccc2)C=C1. The topological polar surface area (TPSA) is 26.3 Å². The fourth-order valence-electron chi connectivity index (χ4n) is 2.05. The van der Waals surface area contributed by atoms with E-state index in [4.69, 9.17) is 16.3 Å². The number of carbonyl (C=O) groups is 1. The number of benzene rings is 1. The molecule has 1 unspecified atom stereocenters. The van der Waals surface area contributed by atoms with Crippen LogP contribution >= 0.6 is 11.6 Å². The van der Waals surface area contributed by atoms with E-state index in [1.54, 1.807) is 0 Å². The molecule has 0 saturated carbocycles. The molecule has 0 aliphatic heterocycles. The van der Waals surface area contributed by atoms with E-state index in [0.29, 0.717) is 6.61 Å².